The minimum absolute atomic E-state index is 0.522. The van der Waals surface area contributed by atoms with Gasteiger partial charge >= 0.3 is 0 Å². The number of aryl methyl sites for hydroxylation is 1. The quantitative estimate of drug-likeness (QED) is 0.760. The molecule has 5 rings (SSSR count). The minimum Gasteiger partial charge on any atom is -0.353 e. The number of fused-ring (bicyclic) bond motifs is 3. The van der Waals surface area contributed by atoms with Crippen molar-refractivity contribution in [3.63, 3.8) is 0 Å². The molecule has 0 saturated carbocycles. The second-order valence-corrected chi connectivity index (χ2v) is 11.2. The Hall–Kier alpha value is -1.29. The van der Waals surface area contributed by atoms with Crippen molar-refractivity contribution < 1.29 is 8.42 Å². The molecule has 2 saturated heterocycles. The molecule has 2 aromatic heterocycles. The molecule has 9 heteroatoms. The molecule has 1 atom stereocenters. The van der Waals surface area contributed by atoms with Crippen LogP contribution in [0.2, 0.25) is 0 Å². The number of nitrogens with zero attached hydrogens (tertiary/aromatic N) is 5. The van der Waals surface area contributed by atoms with E-state index in [2.05, 4.69) is 21.8 Å². The van der Waals surface area contributed by atoms with E-state index < -0.39 is 10.2 Å². The molecular formula is C19H27N5O2S2. The van der Waals surface area contributed by atoms with Gasteiger partial charge in [0.1, 0.15) is 17.0 Å². The van der Waals surface area contributed by atoms with Crippen LogP contribution in [0.25, 0.3) is 10.2 Å². The van der Waals surface area contributed by atoms with Crippen molar-refractivity contribution in [1.82, 2.24) is 18.6 Å². The zero-order valence-corrected chi connectivity index (χ0v) is 17.9. The van der Waals surface area contributed by atoms with Gasteiger partial charge in [0, 0.05) is 44.1 Å². The maximum atomic E-state index is 12.8. The molecule has 2 aromatic rings. The van der Waals surface area contributed by atoms with E-state index in [1.54, 1.807) is 14.9 Å². The molecule has 0 amide bonds. The summed E-state index contributed by atoms with van der Waals surface area (Å²) in [6, 6.07) is 0. The van der Waals surface area contributed by atoms with Crippen LogP contribution in [0.4, 0.5) is 5.82 Å². The third kappa shape index (κ3) is 3.12. The molecule has 28 heavy (non-hydrogen) atoms. The second-order valence-electron chi connectivity index (χ2n) is 8.23. The van der Waals surface area contributed by atoms with Crippen LogP contribution in [0, 0.1) is 5.92 Å². The Morgan fingerprint density at radius 3 is 2.50 bits per heavy atom. The van der Waals surface area contributed by atoms with Gasteiger partial charge in [-0.25, -0.2) is 9.97 Å². The monoisotopic (exact) mass is 421 g/mol. The number of hydrogen-bond donors (Lipinski definition) is 0. The highest BCUT2D eigenvalue weighted by Gasteiger charge is 2.34. The topological polar surface area (TPSA) is 69.6 Å². The summed E-state index contributed by atoms with van der Waals surface area (Å²) >= 11 is 1.81. The van der Waals surface area contributed by atoms with Crippen LogP contribution >= 0.6 is 11.3 Å². The lowest BCUT2D eigenvalue weighted by Crippen LogP contribution is -2.52. The van der Waals surface area contributed by atoms with Crippen LogP contribution in [-0.4, -0.2) is 66.3 Å². The highest BCUT2D eigenvalue weighted by Crippen LogP contribution is 2.40. The number of aromatic nitrogens is 2. The van der Waals surface area contributed by atoms with Gasteiger partial charge in [-0.05, 0) is 43.6 Å². The van der Waals surface area contributed by atoms with Crippen LogP contribution in [0.3, 0.4) is 0 Å². The van der Waals surface area contributed by atoms with E-state index in [1.165, 1.54) is 22.2 Å². The molecule has 152 valence electrons. The zero-order chi connectivity index (χ0) is 19.3. The van der Waals surface area contributed by atoms with Crippen molar-refractivity contribution in [3.05, 3.63) is 16.8 Å². The van der Waals surface area contributed by atoms with Gasteiger partial charge < -0.3 is 4.90 Å². The lowest BCUT2D eigenvalue weighted by molar-refractivity contribution is 0.343. The molecule has 2 fully saturated rings. The highest BCUT2D eigenvalue weighted by molar-refractivity contribution is 7.86. The predicted octanol–water partition coefficient (Wildman–Crippen LogP) is 2.28. The second kappa shape index (κ2) is 7.19. The summed E-state index contributed by atoms with van der Waals surface area (Å²) in [6.45, 7) is 6.05. The average Bonchev–Trinajstić information content (AvgIpc) is 3.35. The smallest absolute Gasteiger partial charge is 0.282 e. The highest BCUT2D eigenvalue weighted by atomic mass is 32.2. The number of piperazine rings is 1. The molecule has 3 aliphatic rings. The SMILES string of the molecule is C[C@@H]1CCc2c(sc3ncnc(N4CCN(S(=O)(=O)N5CCCC5)CC4)c23)C1. The van der Waals surface area contributed by atoms with Crippen molar-refractivity contribution in [2.45, 2.75) is 39.0 Å². The molecule has 0 aromatic carbocycles. The molecule has 7 nitrogen and oxygen atoms in total. The van der Waals surface area contributed by atoms with Gasteiger partial charge in [-0.1, -0.05) is 6.92 Å². The van der Waals surface area contributed by atoms with Crippen molar-refractivity contribution in [1.29, 1.82) is 0 Å². The van der Waals surface area contributed by atoms with Crippen molar-refractivity contribution in [3.8, 4) is 0 Å². The van der Waals surface area contributed by atoms with Crippen molar-refractivity contribution in [2.75, 3.05) is 44.2 Å². The molecular weight excluding hydrogens is 394 g/mol. The van der Waals surface area contributed by atoms with Gasteiger partial charge in [-0.3, -0.25) is 0 Å². The summed E-state index contributed by atoms with van der Waals surface area (Å²) in [5, 5.41) is 1.21. The predicted molar refractivity (Wildman–Crippen MR) is 112 cm³/mol. The van der Waals surface area contributed by atoms with Gasteiger partial charge in [-0.2, -0.15) is 17.0 Å². The molecule has 4 heterocycles. The third-order valence-electron chi connectivity index (χ3n) is 6.33. The molecule has 0 N–H and O–H groups in total. The van der Waals surface area contributed by atoms with E-state index in [1.807, 2.05) is 11.3 Å². The van der Waals surface area contributed by atoms with E-state index in [9.17, 15) is 8.42 Å². The van der Waals surface area contributed by atoms with E-state index in [4.69, 9.17) is 0 Å². The van der Waals surface area contributed by atoms with Gasteiger partial charge in [0.2, 0.25) is 0 Å². The molecule has 0 bridgehead atoms. The maximum absolute atomic E-state index is 12.8. The summed E-state index contributed by atoms with van der Waals surface area (Å²) in [4.78, 5) is 14.0. The molecule has 0 unspecified atom stereocenters. The Labute approximate surface area is 170 Å². The lowest BCUT2D eigenvalue weighted by atomic mass is 9.89. The van der Waals surface area contributed by atoms with Crippen LogP contribution in [-0.2, 0) is 23.1 Å². The largest absolute Gasteiger partial charge is 0.353 e. The van der Waals surface area contributed by atoms with E-state index in [0.29, 0.717) is 39.3 Å². The Bertz CT molecular complexity index is 976. The molecule has 2 aliphatic heterocycles. The standard InChI is InChI=1S/C19H27N5O2S2/c1-14-4-5-15-16(12-14)27-19-17(15)18(20-13-21-19)22-8-10-24(11-9-22)28(25,26)23-6-2-3-7-23/h13-14H,2-12H2,1H3/t14-/m1/s1. The fourth-order valence-corrected chi connectivity index (χ4v) is 7.73. The van der Waals surface area contributed by atoms with Crippen LogP contribution in [0.15, 0.2) is 6.33 Å². The van der Waals surface area contributed by atoms with E-state index in [0.717, 1.165) is 42.2 Å². The maximum Gasteiger partial charge on any atom is 0.282 e. The Kier molecular flexibility index (Phi) is 4.81. The van der Waals surface area contributed by atoms with Gasteiger partial charge in [0.25, 0.3) is 10.2 Å². The average molecular weight is 422 g/mol. The molecule has 0 radical (unpaired) electrons. The normalized spacial score (nSPS) is 24.8. The fourth-order valence-electron chi connectivity index (χ4n) is 4.71. The molecule has 1 aliphatic carbocycles. The minimum atomic E-state index is -3.31. The summed E-state index contributed by atoms with van der Waals surface area (Å²) in [6.07, 6.45) is 7.06. The summed E-state index contributed by atoms with van der Waals surface area (Å²) in [7, 11) is -3.31. The number of thiophene rings is 1. The zero-order valence-electron chi connectivity index (χ0n) is 16.3. The van der Waals surface area contributed by atoms with Gasteiger partial charge in [-0.15, -0.1) is 11.3 Å². The van der Waals surface area contributed by atoms with E-state index in [-0.39, 0.29) is 0 Å². The number of rotatable bonds is 3. The Balaban J connectivity index is 1.39. The summed E-state index contributed by atoms with van der Waals surface area (Å²) < 4.78 is 29.0. The first kappa shape index (κ1) is 18.7. The number of anilines is 1. The third-order valence-corrected chi connectivity index (χ3v) is 9.53. The van der Waals surface area contributed by atoms with Crippen LogP contribution in [0.1, 0.15) is 36.6 Å². The van der Waals surface area contributed by atoms with Gasteiger partial charge in [0.05, 0.1) is 5.39 Å². The molecule has 0 spiro atoms. The Morgan fingerprint density at radius 2 is 1.75 bits per heavy atom. The van der Waals surface area contributed by atoms with Crippen LogP contribution < -0.4 is 4.90 Å². The first-order valence-electron chi connectivity index (χ1n) is 10.3. The Morgan fingerprint density at radius 1 is 1.04 bits per heavy atom. The van der Waals surface area contributed by atoms with Crippen molar-refractivity contribution >= 4 is 37.6 Å². The van der Waals surface area contributed by atoms with Gasteiger partial charge in [0.15, 0.2) is 0 Å². The van der Waals surface area contributed by atoms with Crippen molar-refractivity contribution in [2.24, 2.45) is 5.92 Å². The lowest BCUT2D eigenvalue weighted by Gasteiger charge is -2.36. The summed E-state index contributed by atoms with van der Waals surface area (Å²) in [5.74, 6) is 1.73. The summed E-state index contributed by atoms with van der Waals surface area (Å²) in [5.41, 5.74) is 1.43. The van der Waals surface area contributed by atoms with E-state index >= 15 is 0 Å². The number of hydrogen-bond acceptors (Lipinski definition) is 6. The van der Waals surface area contributed by atoms with Crippen LogP contribution in [0.5, 0.6) is 0 Å². The fraction of sp³-hybridized carbons (Fsp3) is 0.684. The first-order valence-corrected chi connectivity index (χ1v) is 12.5. The first-order chi connectivity index (χ1) is 13.5.